The maximum atomic E-state index is 12.2. The van der Waals surface area contributed by atoms with E-state index in [9.17, 15) is 9.59 Å². The molecule has 1 saturated heterocycles. The lowest BCUT2D eigenvalue weighted by Gasteiger charge is -2.33. The lowest BCUT2D eigenvalue weighted by Crippen LogP contribution is -2.48. The largest absolute Gasteiger partial charge is 0.465 e. The Morgan fingerprint density at radius 2 is 1.77 bits per heavy atom. The van der Waals surface area contributed by atoms with E-state index >= 15 is 0 Å². The standard InChI is InChI=1S/C16H23N3O3/c1-3-18-8-10-19(11-9-18)12-15(20)17-14-7-5-4-6-13(14)16(21)22-2/h4-7H,3,8-12H2,1-2H3,(H,17,20). The minimum Gasteiger partial charge on any atom is -0.465 e. The maximum Gasteiger partial charge on any atom is 0.339 e. The van der Waals surface area contributed by atoms with Gasteiger partial charge in [0.2, 0.25) is 5.91 Å². The zero-order chi connectivity index (χ0) is 15.9. The van der Waals surface area contributed by atoms with Crippen LogP contribution in [0, 0.1) is 0 Å². The van der Waals surface area contributed by atoms with Crippen molar-refractivity contribution in [3.05, 3.63) is 29.8 Å². The van der Waals surface area contributed by atoms with E-state index in [1.807, 2.05) is 0 Å². The first kappa shape index (κ1) is 16.5. The number of rotatable bonds is 5. The van der Waals surface area contributed by atoms with Crippen molar-refractivity contribution in [3.8, 4) is 0 Å². The molecule has 0 aliphatic carbocycles. The topological polar surface area (TPSA) is 61.9 Å². The summed E-state index contributed by atoms with van der Waals surface area (Å²) in [7, 11) is 1.33. The van der Waals surface area contributed by atoms with Gasteiger partial charge in [0.15, 0.2) is 0 Å². The third-order valence-electron chi connectivity index (χ3n) is 3.89. The Balaban J connectivity index is 1.91. The van der Waals surface area contributed by atoms with Gasteiger partial charge in [-0.25, -0.2) is 4.79 Å². The predicted molar refractivity (Wildman–Crippen MR) is 85.0 cm³/mol. The van der Waals surface area contributed by atoms with Gasteiger partial charge in [-0.2, -0.15) is 0 Å². The summed E-state index contributed by atoms with van der Waals surface area (Å²) in [6.45, 7) is 7.29. The monoisotopic (exact) mass is 305 g/mol. The lowest BCUT2D eigenvalue weighted by molar-refractivity contribution is -0.117. The molecule has 1 N–H and O–H groups in total. The Hall–Kier alpha value is -1.92. The number of anilines is 1. The van der Waals surface area contributed by atoms with Gasteiger partial charge in [-0.1, -0.05) is 19.1 Å². The van der Waals surface area contributed by atoms with Gasteiger partial charge in [0.25, 0.3) is 0 Å². The van der Waals surface area contributed by atoms with Crippen LogP contribution >= 0.6 is 0 Å². The molecule has 0 aromatic heterocycles. The van der Waals surface area contributed by atoms with Gasteiger partial charge in [-0.15, -0.1) is 0 Å². The average molecular weight is 305 g/mol. The van der Waals surface area contributed by atoms with E-state index in [2.05, 4.69) is 22.0 Å². The number of piperazine rings is 1. The molecule has 0 unspecified atom stereocenters. The molecule has 0 radical (unpaired) electrons. The minimum atomic E-state index is -0.451. The summed E-state index contributed by atoms with van der Waals surface area (Å²) < 4.78 is 4.73. The number of amides is 1. The first-order chi connectivity index (χ1) is 10.6. The number of likely N-dealkylation sites (N-methyl/N-ethyl adjacent to an activating group) is 1. The van der Waals surface area contributed by atoms with Gasteiger partial charge >= 0.3 is 5.97 Å². The number of nitrogens with zero attached hydrogens (tertiary/aromatic N) is 2. The first-order valence-electron chi connectivity index (χ1n) is 7.56. The highest BCUT2D eigenvalue weighted by Crippen LogP contribution is 2.16. The van der Waals surface area contributed by atoms with Crippen LogP contribution in [0.4, 0.5) is 5.69 Å². The van der Waals surface area contributed by atoms with Crippen molar-refractivity contribution in [1.29, 1.82) is 0 Å². The highest BCUT2D eigenvalue weighted by atomic mass is 16.5. The van der Waals surface area contributed by atoms with Crippen molar-refractivity contribution >= 4 is 17.6 Å². The normalized spacial score (nSPS) is 16.3. The second kappa shape index (κ2) is 7.91. The van der Waals surface area contributed by atoms with Crippen LogP contribution < -0.4 is 5.32 Å². The Morgan fingerprint density at radius 1 is 1.14 bits per heavy atom. The number of hydrogen-bond acceptors (Lipinski definition) is 5. The molecule has 1 aliphatic heterocycles. The Morgan fingerprint density at radius 3 is 2.41 bits per heavy atom. The average Bonchev–Trinajstić information content (AvgIpc) is 2.55. The molecule has 1 aromatic rings. The van der Waals surface area contributed by atoms with Crippen LogP contribution in [0.15, 0.2) is 24.3 Å². The fraction of sp³-hybridized carbons (Fsp3) is 0.500. The summed E-state index contributed by atoms with van der Waals surface area (Å²) in [4.78, 5) is 28.4. The molecule has 0 spiro atoms. The van der Waals surface area contributed by atoms with Crippen molar-refractivity contribution in [1.82, 2.24) is 9.80 Å². The zero-order valence-electron chi connectivity index (χ0n) is 13.2. The molecule has 1 aliphatic rings. The number of hydrogen-bond donors (Lipinski definition) is 1. The highest BCUT2D eigenvalue weighted by molar-refractivity contribution is 6.01. The van der Waals surface area contributed by atoms with E-state index in [1.54, 1.807) is 24.3 Å². The highest BCUT2D eigenvalue weighted by Gasteiger charge is 2.19. The molecular formula is C16H23N3O3. The van der Waals surface area contributed by atoms with Crippen molar-refractivity contribution < 1.29 is 14.3 Å². The van der Waals surface area contributed by atoms with Gasteiger partial charge in [-0.3, -0.25) is 9.69 Å². The summed E-state index contributed by atoms with van der Waals surface area (Å²) in [5.74, 6) is -0.561. The molecule has 1 heterocycles. The molecule has 1 fully saturated rings. The van der Waals surface area contributed by atoms with E-state index in [0.717, 1.165) is 32.7 Å². The summed E-state index contributed by atoms with van der Waals surface area (Å²) in [5, 5.41) is 2.80. The van der Waals surface area contributed by atoms with Crippen LogP contribution in [-0.2, 0) is 9.53 Å². The third kappa shape index (κ3) is 4.29. The van der Waals surface area contributed by atoms with Gasteiger partial charge in [0.1, 0.15) is 0 Å². The van der Waals surface area contributed by atoms with Crippen LogP contribution in [0.1, 0.15) is 17.3 Å². The number of carbonyl (C=O) groups excluding carboxylic acids is 2. The number of methoxy groups -OCH3 is 1. The Kier molecular flexibility index (Phi) is 5.91. The maximum absolute atomic E-state index is 12.2. The van der Waals surface area contributed by atoms with Gasteiger partial charge < -0.3 is 15.0 Å². The molecule has 6 heteroatoms. The number of benzene rings is 1. The summed E-state index contributed by atoms with van der Waals surface area (Å²) >= 11 is 0. The number of nitrogens with one attached hydrogen (secondary N) is 1. The molecular weight excluding hydrogens is 282 g/mol. The molecule has 1 aromatic carbocycles. The first-order valence-corrected chi connectivity index (χ1v) is 7.56. The van der Waals surface area contributed by atoms with Gasteiger partial charge in [0.05, 0.1) is 24.9 Å². The zero-order valence-corrected chi connectivity index (χ0v) is 13.2. The smallest absolute Gasteiger partial charge is 0.339 e. The fourth-order valence-corrected chi connectivity index (χ4v) is 2.54. The second-order valence-corrected chi connectivity index (χ2v) is 5.30. The summed E-state index contributed by atoms with van der Waals surface area (Å²) in [5.41, 5.74) is 0.862. The molecule has 1 amide bonds. The number of ether oxygens (including phenoxy) is 1. The van der Waals surface area contributed by atoms with Crippen molar-refractivity contribution in [3.63, 3.8) is 0 Å². The van der Waals surface area contributed by atoms with Crippen LogP contribution in [-0.4, -0.2) is 68.1 Å². The van der Waals surface area contributed by atoms with Gasteiger partial charge in [0, 0.05) is 26.2 Å². The number of para-hydroxylation sites is 1. The molecule has 0 bridgehead atoms. The van der Waals surface area contributed by atoms with E-state index in [-0.39, 0.29) is 5.91 Å². The van der Waals surface area contributed by atoms with Crippen LogP contribution in [0.2, 0.25) is 0 Å². The lowest BCUT2D eigenvalue weighted by atomic mass is 10.2. The SMILES string of the molecule is CCN1CCN(CC(=O)Nc2ccccc2C(=O)OC)CC1. The quantitative estimate of drug-likeness (QED) is 0.824. The van der Waals surface area contributed by atoms with Crippen molar-refractivity contribution in [2.75, 3.05) is 51.7 Å². The molecule has 120 valence electrons. The molecule has 0 atom stereocenters. The van der Waals surface area contributed by atoms with Crippen molar-refractivity contribution in [2.45, 2.75) is 6.92 Å². The molecule has 0 saturated carbocycles. The van der Waals surface area contributed by atoms with Gasteiger partial charge in [-0.05, 0) is 18.7 Å². The van der Waals surface area contributed by atoms with Crippen LogP contribution in [0.25, 0.3) is 0 Å². The van der Waals surface area contributed by atoms with E-state index in [0.29, 0.717) is 17.8 Å². The van der Waals surface area contributed by atoms with E-state index in [4.69, 9.17) is 4.74 Å². The van der Waals surface area contributed by atoms with Crippen molar-refractivity contribution in [2.24, 2.45) is 0 Å². The molecule has 22 heavy (non-hydrogen) atoms. The predicted octanol–water partition coefficient (Wildman–Crippen LogP) is 1.05. The van der Waals surface area contributed by atoms with Crippen LogP contribution in [0.3, 0.4) is 0 Å². The summed E-state index contributed by atoms with van der Waals surface area (Å²) in [6, 6.07) is 6.87. The number of esters is 1. The summed E-state index contributed by atoms with van der Waals surface area (Å²) in [6.07, 6.45) is 0. The Labute approximate surface area is 131 Å². The molecule has 2 rings (SSSR count). The number of carbonyl (C=O) groups is 2. The third-order valence-corrected chi connectivity index (χ3v) is 3.89. The molecule has 6 nitrogen and oxygen atoms in total. The second-order valence-electron chi connectivity index (χ2n) is 5.30. The Bertz CT molecular complexity index is 525. The minimum absolute atomic E-state index is 0.110. The van der Waals surface area contributed by atoms with E-state index in [1.165, 1.54) is 7.11 Å². The van der Waals surface area contributed by atoms with E-state index < -0.39 is 5.97 Å². The van der Waals surface area contributed by atoms with Crippen LogP contribution in [0.5, 0.6) is 0 Å². The fourth-order valence-electron chi connectivity index (χ4n) is 2.54.